The maximum absolute atomic E-state index is 10.6. The minimum Gasteiger partial charge on any atom is -0.369 e. The van der Waals surface area contributed by atoms with Crippen molar-refractivity contribution >= 4 is 11.5 Å². The fraction of sp³-hybridized carbons (Fsp3) is 0.615. The molecule has 1 aromatic heterocycles. The van der Waals surface area contributed by atoms with Crippen molar-refractivity contribution in [3.63, 3.8) is 0 Å². The predicted molar refractivity (Wildman–Crippen MR) is 72.7 cm³/mol. The number of aryl methyl sites for hydroxylation is 1. The Morgan fingerprint density at radius 2 is 2.11 bits per heavy atom. The van der Waals surface area contributed by atoms with E-state index in [2.05, 4.69) is 38.0 Å². The van der Waals surface area contributed by atoms with Gasteiger partial charge in [0.2, 0.25) is 0 Å². The van der Waals surface area contributed by atoms with Crippen LogP contribution in [0.5, 0.6) is 0 Å². The van der Waals surface area contributed by atoms with Crippen LogP contribution in [-0.4, -0.2) is 16.5 Å². The molecule has 0 fully saturated rings. The molecule has 0 amide bonds. The maximum Gasteiger partial charge on any atom is 0.287 e. The maximum atomic E-state index is 10.6. The fourth-order valence-corrected chi connectivity index (χ4v) is 1.36. The molecule has 100 valence electrons. The molecule has 1 rings (SSSR count). The molecular weight excluding hydrogens is 230 g/mol. The van der Waals surface area contributed by atoms with E-state index in [-0.39, 0.29) is 11.1 Å². The zero-order valence-corrected chi connectivity index (χ0v) is 11.7. The van der Waals surface area contributed by atoms with Crippen LogP contribution in [0.15, 0.2) is 12.3 Å². The first-order chi connectivity index (χ1) is 8.24. The largest absolute Gasteiger partial charge is 0.369 e. The first-order valence-corrected chi connectivity index (χ1v) is 6.09. The number of aromatic nitrogens is 1. The number of nitrogens with one attached hydrogen (secondary N) is 1. The van der Waals surface area contributed by atoms with Crippen molar-refractivity contribution < 1.29 is 4.92 Å². The van der Waals surface area contributed by atoms with E-state index >= 15 is 0 Å². The number of nitro groups is 1. The second kappa shape index (κ2) is 5.33. The number of rotatable bonds is 5. The Hall–Kier alpha value is -1.65. The van der Waals surface area contributed by atoms with Gasteiger partial charge in [0.15, 0.2) is 0 Å². The van der Waals surface area contributed by atoms with Gasteiger partial charge in [-0.2, -0.15) is 0 Å². The highest BCUT2D eigenvalue weighted by molar-refractivity contribution is 5.48. The molecule has 0 saturated carbocycles. The van der Waals surface area contributed by atoms with Gasteiger partial charge in [-0.15, -0.1) is 0 Å². The topological polar surface area (TPSA) is 68.1 Å². The minimum absolute atomic E-state index is 0.0289. The number of pyridine rings is 1. The highest BCUT2D eigenvalue weighted by Gasteiger charge is 2.22. The molecule has 0 atom stereocenters. The van der Waals surface area contributed by atoms with Crippen LogP contribution in [0.25, 0.3) is 0 Å². The molecule has 0 aliphatic carbocycles. The predicted octanol–water partition coefficient (Wildman–Crippen LogP) is 3.39. The van der Waals surface area contributed by atoms with Crippen LogP contribution in [0.3, 0.4) is 0 Å². The minimum atomic E-state index is -0.429. The number of nitrogens with zero attached hydrogens (tertiary/aromatic N) is 2. The third kappa shape index (κ3) is 3.42. The third-order valence-corrected chi connectivity index (χ3v) is 3.55. The number of anilines is 1. The summed E-state index contributed by atoms with van der Waals surface area (Å²) < 4.78 is 0. The van der Waals surface area contributed by atoms with Gasteiger partial charge in [0.05, 0.1) is 4.92 Å². The highest BCUT2D eigenvalue weighted by Crippen LogP contribution is 2.27. The molecule has 1 N–H and O–H groups in total. The van der Waals surface area contributed by atoms with E-state index in [0.717, 1.165) is 12.1 Å². The zero-order valence-electron chi connectivity index (χ0n) is 11.7. The summed E-state index contributed by atoms with van der Waals surface area (Å²) in [6.07, 6.45) is 1.29. The molecule has 0 aliphatic rings. The monoisotopic (exact) mass is 251 g/mol. The lowest BCUT2D eigenvalue weighted by atomic mass is 9.81. The molecule has 0 aliphatic heterocycles. The van der Waals surface area contributed by atoms with E-state index in [1.54, 1.807) is 0 Å². The van der Waals surface area contributed by atoms with Crippen molar-refractivity contribution in [2.75, 3.05) is 11.9 Å². The Bertz CT molecular complexity index is 442. The van der Waals surface area contributed by atoms with Crippen LogP contribution in [0.4, 0.5) is 11.5 Å². The van der Waals surface area contributed by atoms with Gasteiger partial charge in [0.1, 0.15) is 12.0 Å². The lowest BCUT2D eigenvalue weighted by Gasteiger charge is -2.29. The van der Waals surface area contributed by atoms with Crippen molar-refractivity contribution in [2.24, 2.45) is 11.3 Å². The molecule has 0 saturated heterocycles. The molecule has 0 spiro atoms. The van der Waals surface area contributed by atoms with E-state index in [0.29, 0.717) is 11.7 Å². The molecule has 5 nitrogen and oxygen atoms in total. The summed E-state index contributed by atoms with van der Waals surface area (Å²) >= 11 is 0. The van der Waals surface area contributed by atoms with Gasteiger partial charge in [0.25, 0.3) is 5.69 Å². The third-order valence-electron chi connectivity index (χ3n) is 3.55. The van der Waals surface area contributed by atoms with E-state index in [4.69, 9.17) is 0 Å². The van der Waals surface area contributed by atoms with E-state index in [1.807, 2.05) is 6.92 Å². The van der Waals surface area contributed by atoms with Gasteiger partial charge in [-0.1, -0.05) is 27.7 Å². The van der Waals surface area contributed by atoms with Crippen molar-refractivity contribution in [1.29, 1.82) is 0 Å². The summed E-state index contributed by atoms with van der Waals surface area (Å²) in [5, 5.41) is 13.9. The molecule has 0 radical (unpaired) electrons. The Labute approximate surface area is 108 Å². The summed E-state index contributed by atoms with van der Waals surface area (Å²) in [4.78, 5) is 14.3. The lowest BCUT2D eigenvalue weighted by molar-refractivity contribution is -0.385. The Morgan fingerprint density at radius 1 is 1.50 bits per heavy atom. The van der Waals surface area contributed by atoms with E-state index in [1.165, 1.54) is 12.3 Å². The first-order valence-electron chi connectivity index (χ1n) is 6.09. The van der Waals surface area contributed by atoms with Crippen LogP contribution in [-0.2, 0) is 0 Å². The first kappa shape index (κ1) is 14.4. The average Bonchev–Trinajstić information content (AvgIpc) is 2.26. The number of hydrogen-bond donors (Lipinski definition) is 1. The molecule has 0 unspecified atom stereocenters. The van der Waals surface area contributed by atoms with Crippen LogP contribution < -0.4 is 5.32 Å². The Balaban J connectivity index is 2.78. The second-order valence-corrected chi connectivity index (χ2v) is 5.61. The molecule has 1 heterocycles. The van der Waals surface area contributed by atoms with Crippen molar-refractivity contribution in [3.8, 4) is 0 Å². The van der Waals surface area contributed by atoms with Crippen LogP contribution in [0, 0.1) is 28.4 Å². The molecular formula is C13H21N3O2. The standard InChI is InChI=1S/C13H21N3O2/c1-9(2)13(4,5)8-15-12-10(3)6-11(7-14-12)16(17)18/h6-7,9H,8H2,1-5H3,(H,14,15). The molecule has 0 bridgehead atoms. The quantitative estimate of drug-likeness (QED) is 0.643. The Kier molecular flexibility index (Phi) is 4.27. The van der Waals surface area contributed by atoms with Crippen LogP contribution in [0.2, 0.25) is 0 Å². The van der Waals surface area contributed by atoms with Crippen LogP contribution >= 0.6 is 0 Å². The summed E-state index contributed by atoms with van der Waals surface area (Å²) in [5.74, 6) is 1.26. The molecule has 0 aromatic carbocycles. The molecule has 5 heteroatoms. The Morgan fingerprint density at radius 3 is 2.56 bits per heavy atom. The summed E-state index contributed by atoms with van der Waals surface area (Å²) in [7, 11) is 0. The van der Waals surface area contributed by atoms with Gasteiger partial charge >= 0.3 is 0 Å². The van der Waals surface area contributed by atoms with Crippen molar-refractivity contribution in [1.82, 2.24) is 4.98 Å². The van der Waals surface area contributed by atoms with Gasteiger partial charge < -0.3 is 5.32 Å². The van der Waals surface area contributed by atoms with E-state index in [9.17, 15) is 10.1 Å². The molecule has 1 aromatic rings. The average molecular weight is 251 g/mol. The SMILES string of the molecule is Cc1cc([N+](=O)[O-])cnc1NCC(C)(C)C(C)C. The second-order valence-electron chi connectivity index (χ2n) is 5.61. The summed E-state index contributed by atoms with van der Waals surface area (Å²) in [5.41, 5.74) is 0.973. The zero-order chi connectivity index (χ0) is 13.9. The van der Waals surface area contributed by atoms with Crippen molar-refractivity contribution in [2.45, 2.75) is 34.6 Å². The summed E-state index contributed by atoms with van der Waals surface area (Å²) in [6, 6.07) is 1.54. The van der Waals surface area contributed by atoms with Gasteiger partial charge in [0, 0.05) is 12.6 Å². The van der Waals surface area contributed by atoms with Crippen LogP contribution in [0.1, 0.15) is 33.3 Å². The van der Waals surface area contributed by atoms with E-state index < -0.39 is 4.92 Å². The normalized spacial score (nSPS) is 11.7. The lowest BCUT2D eigenvalue weighted by Crippen LogP contribution is -2.29. The van der Waals surface area contributed by atoms with Gasteiger partial charge in [-0.25, -0.2) is 4.98 Å². The summed E-state index contributed by atoms with van der Waals surface area (Å²) in [6.45, 7) is 11.3. The van der Waals surface area contributed by atoms with Crippen molar-refractivity contribution in [3.05, 3.63) is 27.9 Å². The van der Waals surface area contributed by atoms with Gasteiger partial charge in [-0.05, 0) is 23.8 Å². The smallest absolute Gasteiger partial charge is 0.287 e. The van der Waals surface area contributed by atoms with Gasteiger partial charge in [-0.3, -0.25) is 10.1 Å². The highest BCUT2D eigenvalue weighted by atomic mass is 16.6. The molecule has 18 heavy (non-hydrogen) atoms. The number of hydrogen-bond acceptors (Lipinski definition) is 4. The fourth-order valence-electron chi connectivity index (χ4n) is 1.36.